The standard InChI is InChI=1S/C26H35N3O2/c1-4-28-13-10-26(19-8-7-9-21(14-19)31-3)16-23-22(15-20(26)17-28)18(2)24(27-23)25(30)29-11-5-6-12-29/h7-9,14,20,27H,4-6,10-13,15-17H2,1-3H3/t20-,26+/m1/s1. The Morgan fingerprint density at radius 3 is 2.81 bits per heavy atom. The molecule has 31 heavy (non-hydrogen) atoms. The van der Waals surface area contributed by atoms with Crippen molar-refractivity contribution in [2.45, 2.75) is 51.4 Å². The number of benzene rings is 1. The number of H-pyrrole nitrogens is 1. The molecule has 1 aromatic heterocycles. The Balaban J connectivity index is 1.55. The van der Waals surface area contributed by atoms with Crippen LogP contribution in [0.25, 0.3) is 0 Å². The topological polar surface area (TPSA) is 48.6 Å². The van der Waals surface area contributed by atoms with Gasteiger partial charge in [0, 0.05) is 30.7 Å². The monoisotopic (exact) mass is 421 g/mol. The van der Waals surface area contributed by atoms with Crippen LogP contribution in [0.4, 0.5) is 0 Å². The molecule has 5 nitrogen and oxygen atoms in total. The molecule has 1 amide bonds. The smallest absolute Gasteiger partial charge is 0.270 e. The van der Waals surface area contributed by atoms with Crippen molar-refractivity contribution in [1.82, 2.24) is 14.8 Å². The molecule has 2 aliphatic heterocycles. The van der Waals surface area contributed by atoms with Crippen molar-refractivity contribution in [1.29, 1.82) is 0 Å². The van der Waals surface area contributed by atoms with Gasteiger partial charge in [0.2, 0.25) is 0 Å². The largest absolute Gasteiger partial charge is 0.497 e. The average Bonchev–Trinajstić information content (AvgIpc) is 3.45. The molecule has 0 unspecified atom stereocenters. The van der Waals surface area contributed by atoms with Crippen molar-refractivity contribution in [2.75, 3.05) is 39.8 Å². The Morgan fingerprint density at radius 2 is 2.06 bits per heavy atom. The van der Waals surface area contributed by atoms with E-state index in [1.165, 1.54) is 22.4 Å². The van der Waals surface area contributed by atoms with E-state index >= 15 is 0 Å². The Labute approximate surface area is 185 Å². The molecule has 5 heteroatoms. The molecule has 3 heterocycles. The zero-order chi connectivity index (χ0) is 21.6. The van der Waals surface area contributed by atoms with Gasteiger partial charge in [0.15, 0.2) is 0 Å². The van der Waals surface area contributed by atoms with Crippen LogP contribution in [-0.2, 0) is 18.3 Å². The summed E-state index contributed by atoms with van der Waals surface area (Å²) in [5.41, 5.74) is 6.17. The number of hydrogen-bond donors (Lipinski definition) is 1. The molecule has 2 fully saturated rings. The summed E-state index contributed by atoms with van der Waals surface area (Å²) in [6.07, 6.45) is 5.41. The molecule has 1 aliphatic carbocycles. The third kappa shape index (κ3) is 3.38. The van der Waals surface area contributed by atoms with Gasteiger partial charge in [-0.25, -0.2) is 0 Å². The van der Waals surface area contributed by atoms with E-state index in [2.05, 4.69) is 41.9 Å². The van der Waals surface area contributed by atoms with E-state index in [1.807, 2.05) is 11.0 Å². The summed E-state index contributed by atoms with van der Waals surface area (Å²) in [6.45, 7) is 9.54. The zero-order valence-electron chi connectivity index (χ0n) is 19.2. The van der Waals surface area contributed by atoms with Crippen LogP contribution >= 0.6 is 0 Å². The van der Waals surface area contributed by atoms with Crippen LogP contribution in [0.5, 0.6) is 5.75 Å². The van der Waals surface area contributed by atoms with Crippen LogP contribution in [0.15, 0.2) is 24.3 Å². The number of amides is 1. The minimum Gasteiger partial charge on any atom is -0.497 e. The minimum atomic E-state index is 0.0957. The van der Waals surface area contributed by atoms with Gasteiger partial charge in [0.25, 0.3) is 5.91 Å². The van der Waals surface area contributed by atoms with E-state index < -0.39 is 0 Å². The fourth-order valence-electron chi connectivity index (χ4n) is 6.31. The minimum absolute atomic E-state index is 0.0957. The fourth-order valence-corrected chi connectivity index (χ4v) is 6.31. The number of carbonyl (C=O) groups excluding carboxylic acids is 1. The molecular formula is C26H35N3O2. The fraction of sp³-hybridized carbons (Fsp3) is 0.577. The van der Waals surface area contributed by atoms with Crippen molar-refractivity contribution in [3.05, 3.63) is 52.3 Å². The van der Waals surface area contributed by atoms with Gasteiger partial charge < -0.3 is 19.5 Å². The maximum atomic E-state index is 13.2. The second kappa shape index (κ2) is 8.01. The molecule has 5 rings (SSSR count). The Hall–Kier alpha value is -2.27. The lowest BCUT2D eigenvalue weighted by Gasteiger charge is -2.51. The number of fused-ring (bicyclic) bond motifs is 2. The van der Waals surface area contributed by atoms with Gasteiger partial charge in [-0.1, -0.05) is 19.1 Å². The Kier molecular flexibility index (Phi) is 5.33. The van der Waals surface area contributed by atoms with E-state index in [9.17, 15) is 4.79 Å². The summed E-state index contributed by atoms with van der Waals surface area (Å²) in [7, 11) is 1.75. The first-order valence-corrected chi connectivity index (χ1v) is 11.9. The lowest BCUT2D eigenvalue weighted by atomic mass is 9.58. The number of ether oxygens (including phenoxy) is 1. The molecule has 1 N–H and O–H groups in total. The lowest BCUT2D eigenvalue weighted by Crippen LogP contribution is -2.53. The number of piperidine rings is 1. The van der Waals surface area contributed by atoms with Crippen molar-refractivity contribution < 1.29 is 9.53 Å². The van der Waals surface area contributed by atoms with E-state index in [4.69, 9.17) is 4.74 Å². The number of nitrogens with zero attached hydrogens (tertiary/aromatic N) is 2. The zero-order valence-corrected chi connectivity index (χ0v) is 19.2. The lowest BCUT2D eigenvalue weighted by molar-refractivity contribution is 0.0786. The summed E-state index contributed by atoms with van der Waals surface area (Å²) in [5, 5.41) is 0. The summed E-state index contributed by atoms with van der Waals surface area (Å²) in [6, 6.07) is 8.69. The molecule has 0 spiro atoms. The average molecular weight is 422 g/mol. The van der Waals surface area contributed by atoms with Gasteiger partial charge in [-0.3, -0.25) is 4.79 Å². The highest BCUT2D eigenvalue weighted by atomic mass is 16.5. The maximum absolute atomic E-state index is 13.2. The highest BCUT2D eigenvalue weighted by molar-refractivity contribution is 5.94. The van der Waals surface area contributed by atoms with Crippen molar-refractivity contribution in [3.63, 3.8) is 0 Å². The third-order valence-electron chi connectivity index (χ3n) is 8.24. The number of methoxy groups -OCH3 is 1. The van der Waals surface area contributed by atoms with Gasteiger partial charge in [0.1, 0.15) is 11.4 Å². The van der Waals surface area contributed by atoms with E-state index in [1.54, 1.807) is 7.11 Å². The quantitative estimate of drug-likeness (QED) is 0.813. The molecule has 2 atom stereocenters. The highest BCUT2D eigenvalue weighted by Gasteiger charge is 2.48. The first-order chi connectivity index (χ1) is 15.1. The van der Waals surface area contributed by atoms with Crippen LogP contribution in [0.3, 0.4) is 0 Å². The van der Waals surface area contributed by atoms with Crippen LogP contribution in [0.1, 0.15) is 59.1 Å². The van der Waals surface area contributed by atoms with Gasteiger partial charge in [-0.05, 0) is 86.9 Å². The molecule has 0 radical (unpaired) electrons. The molecule has 3 aliphatic rings. The predicted molar refractivity (Wildman–Crippen MR) is 123 cm³/mol. The Bertz CT molecular complexity index is 975. The van der Waals surface area contributed by atoms with E-state index in [0.717, 1.165) is 76.3 Å². The summed E-state index contributed by atoms with van der Waals surface area (Å²) in [4.78, 5) is 21.4. The van der Waals surface area contributed by atoms with Crippen LogP contribution in [0.2, 0.25) is 0 Å². The van der Waals surface area contributed by atoms with Crippen LogP contribution in [0, 0.1) is 12.8 Å². The molecule has 2 saturated heterocycles. The summed E-state index contributed by atoms with van der Waals surface area (Å²) in [5.74, 6) is 1.67. The number of nitrogens with one attached hydrogen (secondary N) is 1. The third-order valence-corrected chi connectivity index (χ3v) is 8.24. The molecular weight excluding hydrogens is 386 g/mol. The van der Waals surface area contributed by atoms with Crippen molar-refractivity contribution >= 4 is 5.91 Å². The normalized spacial score (nSPS) is 25.9. The maximum Gasteiger partial charge on any atom is 0.270 e. The van der Waals surface area contributed by atoms with Gasteiger partial charge >= 0.3 is 0 Å². The molecule has 1 aromatic carbocycles. The van der Waals surface area contributed by atoms with E-state index in [-0.39, 0.29) is 11.3 Å². The number of rotatable bonds is 4. The summed E-state index contributed by atoms with van der Waals surface area (Å²) < 4.78 is 5.58. The predicted octanol–water partition coefficient (Wildman–Crippen LogP) is 3.95. The highest BCUT2D eigenvalue weighted by Crippen LogP contribution is 2.49. The first kappa shape index (κ1) is 20.6. The van der Waals surface area contributed by atoms with Gasteiger partial charge in [0.05, 0.1) is 7.11 Å². The van der Waals surface area contributed by atoms with Crippen molar-refractivity contribution in [2.24, 2.45) is 5.92 Å². The van der Waals surface area contributed by atoms with E-state index in [0.29, 0.717) is 5.92 Å². The number of aromatic nitrogens is 1. The van der Waals surface area contributed by atoms with Gasteiger partial charge in [-0.2, -0.15) is 0 Å². The molecule has 2 aromatic rings. The molecule has 166 valence electrons. The van der Waals surface area contributed by atoms with Crippen LogP contribution < -0.4 is 4.74 Å². The second-order valence-corrected chi connectivity index (χ2v) is 9.69. The van der Waals surface area contributed by atoms with Crippen LogP contribution in [-0.4, -0.2) is 60.5 Å². The summed E-state index contributed by atoms with van der Waals surface area (Å²) >= 11 is 0. The molecule has 0 saturated carbocycles. The second-order valence-electron chi connectivity index (χ2n) is 9.69. The Morgan fingerprint density at radius 1 is 1.26 bits per heavy atom. The van der Waals surface area contributed by atoms with Gasteiger partial charge in [-0.15, -0.1) is 0 Å². The number of hydrogen-bond acceptors (Lipinski definition) is 3. The number of aromatic amines is 1. The number of likely N-dealkylation sites (tertiary alicyclic amines) is 2. The molecule has 0 bridgehead atoms. The SMILES string of the molecule is CCN1CC[C@@]2(c3cccc(OC)c3)Cc3[nH]c(C(=O)N4CCCC4)c(C)c3C[C@@H]2C1. The van der Waals surface area contributed by atoms with Crippen molar-refractivity contribution in [3.8, 4) is 5.75 Å². The number of carbonyl (C=O) groups is 1. The first-order valence-electron chi connectivity index (χ1n) is 11.9.